The lowest BCUT2D eigenvalue weighted by Crippen LogP contribution is -2.54. The van der Waals surface area contributed by atoms with Crippen molar-refractivity contribution >= 4 is 5.97 Å². The van der Waals surface area contributed by atoms with Crippen molar-refractivity contribution in [3.05, 3.63) is 28.8 Å². The minimum Gasteiger partial charge on any atom is -0.487 e. The maximum atomic E-state index is 11.6. The molecular weight excluding hydrogens is 230 g/mol. The number of aryl methyl sites for hydroxylation is 2. The molecule has 1 aromatic carbocycles. The SMILES string of the molecule is Cc1cc(C)c2c(c1)C(N)(C(=O)O)CC(C)(C)O2. The molecule has 98 valence electrons. The molecule has 2 rings (SSSR count). The van der Waals surface area contributed by atoms with Crippen LogP contribution in [0.5, 0.6) is 5.75 Å². The number of aliphatic carboxylic acids is 1. The zero-order valence-electron chi connectivity index (χ0n) is 11.2. The van der Waals surface area contributed by atoms with Crippen molar-refractivity contribution in [2.45, 2.75) is 45.3 Å². The van der Waals surface area contributed by atoms with Crippen LogP contribution >= 0.6 is 0 Å². The highest BCUT2D eigenvalue weighted by Gasteiger charge is 2.48. The van der Waals surface area contributed by atoms with Crippen LogP contribution < -0.4 is 10.5 Å². The van der Waals surface area contributed by atoms with Gasteiger partial charge in [0.15, 0.2) is 0 Å². The predicted octanol–water partition coefficient (Wildman–Crippen LogP) is 2.10. The molecule has 4 heteroatoms. The lowest BCUT2D eigenvalue weighted by molar-refractivity contribution is -0.147. The average molecular weight is 249 g/mol. The number of carboxylic acids is 1. The number of nitrogens with two attached hydrogens (primary N) is 1. The van der Waals surface area contributed by atoms with Crippen LogP contribution in [-0.2, 0) is 10.3 Å². The molecule has 1 unspecified atom stereocenters. The third-order valence-electron chi connectivity index (χ3n) is 3.36. The normalized spacial score (nSPS) is 25.2. The van der Waals surface area contributed by atoms with Gasteiger partial charge in [-0.25, -0.2) is 4.79 Å². The molecule has 1 aliphatic heterocycles. The molecule has 0 saturated carbocycles. The quantitative estimate of drug-likeness (QED) is 0.799. The summed E-state index contributed by atoms with van der Waals surface area (Å²) in [7, 11) is 0. The highest BCUT2D eigenvalue weighted by Crippen LogP contribution is 2.44. The molecule has 0 spiro atoms. The zero-order valence-corrected chi connectivity index (χ0v) is 11.2. The number of carboxylic acid groups (broad SMARTS) is 1. The van der Waals surface area contributed by atoms with E-state index in [4.69, 9.17) is 10.5 Å². The largest absolute Gasteiger partial charge is 0.487 e. The van der Waals surface area contributed by atoms with E-state index in [0.717, 1.165) is 11.1 Å². The number of carbonyl (C=O) groups is 1. The van der Waals surface area contributed by atoms with Gasteiger partial charge in [0, 0.05) is 12.0 Å². The van der Waals surface area contributed by atoms with Gasteiger partial charge >= 0.3 is 5.97 Å². The average Bonchev–Trinajstić information content (AvgIpc) is 2.19. The lowest BCUT2D eigenvalue weighted by Gasteiger charge is -2.42. The molecule has 1 heterocycles. The summed E-state index contributed by atoms with van der Waals surface area (Å²) in [6, 6.07) is 3.79. The van der Waals surface area contributed by atoms with Crippen LogP contribution in [0.15, 0.2) is 12.1 Å². The minimum atomic E-state index is -1.38. The van der Waals surface area contributed by atoms with Crippen LogP contribution in [0.4, 0.5) is 0 Å². The first-order valence-electron chi connectivity index (χ1n) is 5.99. The Kier molecular flexibility index (Phi) is 2.66. The van der Waals surface area contributed by atoms with E-state index in [9.17, 15) is 9.90 Å². The summed E-state index contributed by atoms with van der Waals surface area (Å²) in [6.45, 7) is 7.56. The van der Waals surface area contributed by atoms with E-state index in [1.807, 2.05) is 39.8 Å². The van der Waals surface area contributed by atoms with Crippen molar-refractivity contribution in [2.75, 3.05) is 0 Å². The molecule has 0 fully saturated rings. The molecular formula is C14H19NO3. The molecule has 0 aliphatic carbocycles. The van der Waals surface area contributed by atoms with Crippen molar-refractivity contribution < 1.29 is 14.6 Å². The van der Waals surface area contributed by atoms with E-state index in [1.165, 1.54) is 0 Å². The third-order valence-corrected chi connectivity index (χ3v) is 3.36. The predicted molar refractivity (Wildman–Crippen MR) is 68.7 cm³/mol. The highest BCUT2D eigenvalue weighted by molar-refractivity contribution is 5.82. The molecule has 0 radical (unpaired) electrons. The number of benzene rings is 1. The first-order valence-corrected chi connectivity index (χ1v) is 5.99. The Morgan fingerprint density at radius 3 is 2.56 bits per heavy atom. The fourth-order valence-electron chi connectivity index (χ4n) is 2.69. The highest BCUT2D eigenvalue weighted by atomic mass is 16.5. The Bertz CT molecular complexity index is 522. The van der Waals surface area contributed by atoms with Gasteiger partial charge in [0.05, 0.1) is 0 Å². The molecule has 0 saturated heterocycles. The molecule has 1 atom stereocenters. The molecule has 0 bridgehead atoms. The second-order valence-corrected chi connectivity index (χ2v) is 5.77. The van der Waals surface area contributed by atoms with E-state index >= 15 is 0 Å². The van der Waals surface area contributed by atoms with E-state index in [-0.39, 0.29) is 6.42 Å². The van der Waals surface area contributed by atoms with Gasteiger partial charge < -0.3 is 15.6 Å². The summed E-state index contributed by atoms with van der Waals surface area (Å²) in [5.41, 5.74) is 6.68. The van der Waals surface area contributed by atoms with Crippen molar-refractivity contribution in [3.63, 3.8) is 0 Å². The van der Waals surface area contributed by atoms with Crippen LogP contribution in [-0.4, -0.2) is 16.7 Å². The monoisotopic (exact) mass is 249 g/mol. The number of fused-ring (bicyclic) bond motifs is 1. The third kappa shape index (κ3) is 1.86. The Morgan fingerprint density at radius 1 is 1.39 bits per heavy atom. The van der Waals surface area contributed by atoms with Gasteiger partial charge in [-0.15, -0.1) is 0 Å². The van der Waals surface area contributed by atoms with Gasteiger partial charge in [0.1, 0.15) is 16.9 Å². The van der Waals surface area contributed by atoms with Crippen LogP contribution in [0, 0.1) is 13.8 Å². The van der Waals surface area contributed by atoms with Gasteiger partial charge in [-0.3, -0.25) is 0 Å². The molecule has 1 aromatic rings. The van der Waals surface area contributed by atoms with Gasteiger partial charge in [-0.2, -0.15) is 0 Å². The fourth-order valence-corrected chi connectivity index (χ4v) is 2.69. The lowest BCUT2D eigenvalue weighted by atomic mass is 9.77. The summed E-state index contributed by atoms with van der Waals surface area (Å²) in [5.74, 6) is -0.396. The van der Waals surface area contributed by atoms with Crippen molar-refractivity contribution in [1.82, 2.24) is 0 Å². The van der Waals surface area contributed by atoms with Gasteiger partial charge in [0.2, 0.25) is 0 Å². The van der Waals surface area contributed by atoms with E-state index < -0.39 is 17.1 Å². The number of rotatable bonds is 1. The molecule has 1 aliphatic rings. The van der Waals surface area contributed by atoms with Crippen molar-refractivity contribution in [2.24, 2.45) is 5.73 Å². The molecule has 4 nitrogen and oxygen atoms in total. The molecule has 3 N–H and O–H groups in total. The van der Waals surface area contributed by atoms with Crippen LogP contribution in [0.25, 0.3) is 0 Å². The van der Waals surface area contributed by atoms with E-state index in [2.05, 4.69) is 0 Å². The molecule has 0 aromatic heterocycles. The molecule has 18 heavy (non-hydrogen) atoms. The van der Waals surface area contributed by atoms with Crippen LogP contribution in [0.1, 0.15) is 37.0 Å². The summed E-state index contributed by atoms with van der Waals surface area (Å²) in [6.07, 6.45) is 0.255. The van der Waals surface area contributed by atoms with E-state index in [1.54, 1.807) is 0 Å². The zero-order chi connectivity index (χ0) is 13.7. The maximum absolute atomic E-state index is 11.6. The Balaban J connectivity index is 2.72. The number of ether oxygens (including phenoxy) is 1. The molecule has 0 amide bonds. The van der Waals surface area contributed by atoms with Crippen LogP contribution in [0.3, 0.4) is 0 Å². The minimum absolute atomic E-state index is 0.255. The summed E-state index contributed by atoms with van der Waals surface area (Å²) in [4.78, 5) is 11.6. The number of hydrogen-bond acceptors (Lipinski definition) is 3. The summed E-state index contributed by atoms with van der Waals surface area (Å²) < 4.78 is 5.91. The summed E-state index contributed by atoms with van der Waals surface area (Å²) >= 11 is 0. The second-order valence-electron chi connectivity index (χ2n) is 5.77. The summed E-state index contributed by atoms with van der Waals surface area (Å²) in [5, 5.41) is 9.48. The van der Waals surface area contributed by atoms with Gasteiger partial charge in [0.25, 0.3) is 0 Å². The fraction of sp³-hybridized carbons (Fsp3) is 0.500. The first kappa shape index (κ1) is 12.9. The second kappa shape index (κ2) is 3.72. The Morgan fingerprint density at radius 2 is 2.00 bits per heavy atom. The maximum Gasteiger partial charge on any atom is 0.328 e. The first-order chi connectivity index (χ1) is 8.16. The number of hydrogen-bond donors (Lipinski definition) is 2. The van der Waals surface area contributed by atoms with E-state index in [0.29, 0.717) is 11.3 Å². The van der Waals surface area contributed by atoms with Crippen LogP contribution in [0.2, 0.25) is 0 Å². The van der Waals surface area contributed by atoms with Gasteiger partial charge in [-0.05, 0) is 39.3 Å². The Hall–Kier alpha value is -1.55. The van der Waals surface area contributed by atoms with Crippen molar-refractivity contribution in [3.8, 4) is 5.75 Å². The smallest absolute Gasteiger partial charge is 0.328 e. The topological polar surface area (TPSA) is 72.6 Å². The van der Waals surface area contributed by atoms with Gasteiger partial charge in [-0.1, -0.05) is 11.6 Å². The standard InChI is InChI=1S/C14H19NO3/c1-8-5-9(2)11-10(6-8)14(15,12(16)17)7-13(3,4)18-11/h5-6H,7,15H2,1-4H3,(H,16,17). The van der Waals surface area contributed by atoms with Crippen molar-refractivity contribution in [1.29, 1.82) is 0 Å². The Labute approximate surface area is 107 Å².